The van der Waals surface area contributed by atoms with Crippen molar-refractivity contribution >= 4 is 28.5 Å². The maximum atomic E-state index is 12.2. The zero-order valence-corrected chi connectivity index (χ0v) is 18.0. The Labute approximate surface area is 187 Å². The lowest BCUT2D eigenvalue weighted by Gasteiger charge is -2.11. The minimum absolute atomic E-state index is 0.147. The first-order valence-corrected chi connectivity index (χ1v) is 10.1. The van der Waals surface area contributed by atoms with E-state index in [1.54, 1.807) is 24.5 Å². The number of nitriles is 1. The number of fused-ring (bicyclic) bond motifs is 1. The first-order chi connectivity index (χ1) is 15.9. The van der Waals surface area contributed by atoms with Gasteiger partial charge in [-0.1, -0.05) is 0 Å². The number of H-pyrrole nitrogens is 1. The number of imidazole rings is 1. The molecule has 0 fully saturated rings. The lowest BCUT2D eigenvalue weighted by Crippen LogP contribution is -2.11. The molecule has 0 saturated carbocycles. The molecule has 0 aliphatic heterocycles. The maximum absolute atomic E-state index is 12.2. The second-order valence-electron chi connectivity index (χ2n) is 7.48. The fourth-order valence-electron chi connectivity index (χ4n) is 3.55. The smallest absolute Gasteiger partial charge is 0.246 e. The number of carbonyl (C=O) groups excluding carboxylic acids is 1. The molecule has 4 aromatic heterocycles. The average molecular weight is 438 g/mol. The van der Waals surface area contributed by atoms with Crippen LogP contribution in [0.3, 0.4) is 0 Å². The molecule has 0 aliphatic carbocycles. The minimum Gasteiger partial charge on any atom is -0.323 e. The summed E-state index contributed by atoms with van der Waals surface area (Å²) in [5.41, 5.74) is 3.73. The van der Waals surface area contributed by atoms with Crippen LogP contribution in [-0.4, -0.2) is 45.3 Å². The van der Waals surface area contributed by atoms with Crippen molar-refractivity contribution in [2.45, 2.75) is 20.8 Å². The number of aryl methyl sites for hydroxylation is 2. The van der Waals surface area contributed by atoms with Gasteiger partial charge in [0.1, 0.15) is 24.0 Å². The van der Waals surface area contributed by atoms with Crippen LogP contribution in [0.5, 0.6) is 0 Å². The van der Waals surface area contributed by atoms with Crippen LogP contribution in [0.4, 0.5) is 11.6 Å². The van der Waals surface area contributed by atoms with Crippen molar-refractivity contribution in [2.24, 2.45) is 0 Å². The molecule has 11 heteroatoms. The number of carbonyl (C=O) groups is 1. The molecule has 0 bridgehead atoms. The molecule has 0 amide bonds. The molecule has 5 rings (SSSR count). The van der Waals surface area contributed by atoms with Crippen molar-refractivity contribution in [1.29, 1.82) is 5.26 Å². The van der Waals surface area contributed by atoms with Gasteiger partial charge in [-0.25, -0.2) is 14.6 Å². The number of aromatic nitrogens is 8. The van der Waals surface area contributed by atoms with Gasteiger partial charge >= 0.3 is 0 Å². The number of rotatable bonds is 5. The fourth-order valence-corrected chi connectivity index (χ4v) is 3.55. The third kappa shape index (κ3) is 3.59. The predicted octanol–water partition coefficient (Wildman–Crippen LogP) is 3.16. The van der Waals surface area contributed by atoms with Crippen molar-refractivity contribution in [3.05, 3.63) is 65.5 Å². The Kier molecular flexibility index (Phi) is 4.68. The number of benzene rings is 1. The van der Waals surface area contributed by atoms with E-state index in [4.69, 9.17) is 4.98 Å². The number of nitrogens with zero attached hydrogens (tertiary/aromatic N) is 8. The molecule has 1 aromatic carbocycles. The van der Waals surface area contributed by atoms with E-state index < -0.39 is 0 Å². The van der Waals surface area contributed by atoms with Crippen molar-refractivity contribution in [2.75, 3.05) is 5.32 Å². The number of Topliss-reactive ketones (excluding diaryl/α,β-unsaturated/α-hetero) is 1. The summed E-state index contributed by atoms with van der Waals surface area (Å²) in [6, 6.07) is 12.8. The Morgan fingerprint density at radius 3 is 2.70 bits per heavy atom. The van der Waals surface area contributed by atoms with Crippen LogP contribution in [0, 0.1) is 25.2 Å². The second kappa shape index (κ2) is 7.69. The van der Waals surface area contributed by atoms with Gasteiger partial charge in [-0.3, -0.25) is 14.5 Å². The van der Waals surface area contributed by atoms with E-state index in [0.29, 0.717) is 34.7 Å². The van der Waals surface area contributed by atoms with Crippen LogP contribution < -0.4 is 5.32 Å². The van der Waals surface area contributed by atoms with Crippen LogP contribution in [0.15, 0.2) is 42.7 Å². The van der Waals surface area contributed by atoms with E-state index in [9.17, 15) is 10.1 Å². The molecule has 5 aromatic rings. The highest BCUT2D eigenvalue weighted by molar-refractivity contribution is 5.97. The zero-order valence-electron chi connectivity index (χ0n) is 18.0. The van der Waals surface area contributed by atoms with Crippen molar-refractivity contribution in [3.8, 4) is 17.7 Å². The Balaban J connectivity index is 1.57. The SMILES string of the molecule is CC(=O)c1ccc(-n2cnc3cc(Nc4n[nH]c(C)n4)ccc32)nc1-n1nc(C#N)cc1C. The van der Waals surface area contributed by atoms with Crippen LogP contribution >= 0.6 is 0 Å². The molecule has 162 valence electrons. The van der Waals surface area contributed by atoms with E-state index in [0.717, 1.165) is 16.7 Å². The normalized spacial score (nSPS) is 11.0. The number of hydrogen-bond donors (Lipinski definition) is 2. The van der Waals surface area contributed by atoms with Gasteiger partial charge in [0.2, 0.25) is 5.95 Å². The van der Waals surface area contributed by atoms with E-state index >= 15 is 0 Å². The fraction of sp³-hybridized carbons (Fsp3) is 0.136. The largest absolute Gasteiger partial charge is 0.323 e. The number of anilines is 2. The Hall–Kier alpha value is -4.85. The van der Waals surface area contributed by atoms with E-state index in [1.165, 1.54) is 11.6 Å². The highest BCUT2D eigenvalue weighted by Crippen LogP contribution is 2.24. The quantitative estimate of drug-likeness (QED) is 0.398. The molecule has 4 heterocycles. The molecule has 0 unspecified atom stereocenters. The number of nitrogens with one attached hydrogen (secondary N) is 2. The molecule has 0 spiro atoms. The highest BCUT2D eigenvalue weighted by atomic mass is 16.1. The molecule has 2 N–H and O–H groups in total. The topological polar surface area (TPSA) is 143 Å². The van der Waals surface area contributed by atoms with Crippen LogP contribution in [0.2, 0.25) is 0 Å². The molecule has 0 atom stereocenters. The van der Waals surface area contributed by atoms with E-state index in [1.807, 2.05) is 42.7 Å². The summed E-state index contributed by atoms with van der Waals surface area (Å²) in [5, 5.41) is 23.5. The van der Waals surface area contributed by atoms with Crippen molar-refractivity contribution in [1.82, 2.24) is 39.5 Å². The summed E-state index contributed by atoms with van der Waals surface area (Å²) in [7, 11) is 0. The van der Waals surface area contributed by atoms with E-state index in [-0.39, 0.29) is 11.5 Å². The number of pyridine rings is 1. The third-order valence-electron chi connectivity index (χ3n) is 5.09. The van der Waals surface area contributed by atoms with Gasteiger partial charge in [-0.05, 0) is 57.2 Å². The summed E-state index contributed by atoms with van der Waals surface area (Å²) in [6.45, 7) is 5.11. The lowest BCUT2D eigenvalue weighted by atomic mass is 10.2. The van der Waals surface area contributed by atoms with Crippen LogP contribution in [0.25, 0.3) is 22.7 Å². The first-order valence-electron chi connectivity index (χ1n) is 10.1. The van der Waals surface area contributed by atoms with Crippen molar-refractivity contribution in [3.63, 3.8) is 0 Å². The third-order valence-corrected chi connectivity index (χ3v) is 5.09. The molecular formula is C22H18N10O. The lowest BCUT2D eigenvalue weighted by molar-refractivity contribution is 0.101. The van der Waals surface area contributed by atoms with Crippen LogP contribution in [0.1, 0.15) is 34.5 Å². The minimum atomic E-state index is -0.147. The standard InChI is InChI=1S/C22H18N10O/c1-12-8-16(10-23)30-32(12)21-17(13(2)33)5-7-20(27-21)31-11-24-18-9-15(4-6-19(18)31)26-22-25-14(3)28-29-22/h4-9,11H,1-3H3,(H2,25,26,28,29). The summed E-state index contributed by atoms with van der Waals surface area (Å²) < 4.78 is 3.34. The van der Waals surface area contributed by atoms with Gasteiger partial charge in [0.05, 0.1) is 16.6 Å². The Bertz CT molecular complexity index is 1570. The summed E-state index contributed by atoms with van der Waals surface area (Å²) in [6.07, 6.45) is 1.67. The number of ketones is 1. The zero-order chi connectivity index (χ0) is 23.1. The summed E-state index contributed by atoms with van der Waals surface area (Å²) in [4.78, 5) is 25.7. The molecule has 0 aliphatic rings. The molecule has 0 saturated heterocycles. The van der Waals surface area contributed by atoms with Gasteiger partial charge in [-0.2, -0.15) is 15.3 Å². The first kappa shape index (κ1) is 20.1. The van der Waals surface area contributed by atoms with Gasteiger partial charge in [-0.15, -0.1) is 5.10 Å². The Morgan fingerprint density at radius 1 is 1.15 bits per heavy atom. The Morgan fingerprint density at radius 2 is 2.00 bits per heavy atom. The highest BCUT2D eigenvalue weighted by Gasteiger charge is 2.17. The molecule has 11 nitrogen and oxygen atoms in total. The van der Waals surface area contributed by atoms with Gasteiger partial charge in [0.15, 0.2) is 17.3 Å². The van der Waals surface area contributed by atoms with Gasteiger partial charge in [0.25, 0.3) is 0 Å². The molecular weight excluding hydrogens is 420 g/mol. The van der Waals surface area contributed by atoms with Crippen molar-refractivity contribution < 1.29 is 4.79 Å². The monoisotopic (exact) mass is 438 g/mol. The number of aromatic amines is 1. The summed E-state index contributed by atoms with van der Waals surface area (Å²) in [5.74, 6) is 1.97. The van der Waals surface area contributed by atoms with Gasteiger partial charge in [0, 0.05) is 11.4 Å². The van der Waals surface area contributed by atoms with Gasteiger partial charge < -0.3 is 5.32 Å². The summed E-state index contributed by atoms with van der Waals surface area (Å²) >= 11 is 0. The number of hydrogen-bond acceptors (Lipinski definition) is 8. The second-order valence-corrected chi connectivity index (χ2v) is 7.48. The average Bonchev–Trinajstić information content (AvgIpc) is 3.51. The molecule has 33 heavy (non-hydrogen) atoms. The van der Waals surface area contributed by atoms with E-state index in [2.05, 4.69) is 30.6 Å². The van der Waals surface area contributed by atoms with Crippen LogP contribution in [-0.2, 0) is 0 Å². The maximum Gasteiger partial charge on any atom is 0.246 e. The predicted molar refractivity (Wildman–Crippen MR) is 120 cm³/mol. The molecule has 0 radical (unpaired) electrons.